The monoisotopic (exact) mass is 273 g/mol. The van der Waals surface area contributed by atoms with Crippen LogP contribution in [-0.2, 0) is 14.3 Å². The number of hydrogen-bond acceptors (Lipinski definition) is 4. The van der Waals surface area contributed by atoms with Gasteiger partial charge >= 0.3 is 0 Å². The molecule has 0 bridgehead atoms. The molecule has 96 valence electrons. The van der Waals surface area contributed by atoms with Crippen LogP contribution >= 0.6 is 0 Å². The Hall–Kier alpha value is -2.16. The summed E-state index contributed by atoms with van der Waals surface area (Å²) in [4.78, 5) is 0.0335. The molecule has 2 aromatic carbocycles. The van der Waals surface area contributed by atoms with Gasteiger partial charge in [-0.1, -0.05) is 48.5 Å². The third kappa shape index (κ3) is 3.19. The quantitative estimate of drug-likeness (QED) is 0.803. The normalized spacial score (nSPS) is 12.6. The molecule has 0 spiro atoms. The first kappa shape index (κ1) is 13.3. The number of nitriles is 1. The Balaban J connectivity index is 2.28. The summed E-state index contributed by atoms with van der Waals surface area (Å²) >= 11 is 0. The van der Waals surface area contributed by atoms with Crippen molar-refractivity contribution in [3.63, 3.8) is 0 Å². The lowest BCUT2D eigenvalue weighted by atomic mass is 10.1. The van der Waals surface area contributed by atoms with E-state index in [0.717, 1.165) is 0 Å². The fourth-order valence-corrected chi connectivity index (χ4v) is 2.56. The minimum Gasteiger partial charge on any atom is -0.243 e. The fourth-order valence-electron chi connectivity index (χ4n) is 1.55. The first-order valence-corrected chi connectivity index (χ1v) is 6.97. The van der Waals surface area contributed by atoms with Gasteiger partial charge in [0, 0.05) is 0 Å². The van der Waals surface area contributed by atoms with Gasteiger partial charge in [0.05, 0.1) is 4.90 Å². The summed E-state index contributed by atoms with van der Waals surface area (Å²) in [6.45, 7) is 0. The summed E-state index contributed by atoms with van der Waals surface area (Å²) in [6, 6.07) is 18.1. The Morgan fingerprint density at radius 1 is 0.947 bits per heavy atom. The first-order chi connectivity index (χ1) is 9.13. The van der Waals surface area contributed by atoms with E-state index in [4.69, 9.17) is 9.44 Å². The molecule has 0 aliphatic heterocycles. The van der Waals surface area contributed by atoms with Gasteiger partial charge in [-0.05, 0) is 17.7 Å². The number of rotatable bonds is 4. The van der Waals surface area contributed by atoms with Crippen LogP contribution < -0.4 is 0 Å². The van der Waals surface area contributed by atoms with Crippen LogP contribution in [0, 0.1) is 11.3 Å². The molecule has 1 atom stereocenters. The van der Waals surface area contributed by atoms with Crippen molar-refractivity contribution in [1.82, 2.24) is 0 Å². The van der Waals surface area contributed by atoms with Crippen molar-refractivity contribution in [3.8, 4) is 6.07 Å². The van der Waals surface area contributed by atoms with Gasteiger partial charge in [0.2, 0.25) is 0 Å². The predicted octanol–water partition coefficient (Wildman–Crippen LogP) is 2.66. The molecule has 4 nitrogen and oxygen atoms in total. The van der Waals surface area contributed by atoms with E-state index >= 15 is 0 Å². The third-order valence-corrected chi connectivity index (χ3v) is 3.77. The maximum Gasteiger partial charge on any atom is 0.298 e. The highest BCUT2D eigenvalue weighted by atomic mass is 32.2. The number of hydrogen-bond donors (Lipinski definition) is 0. The van der Waals surface area contributed by atoms with Crippen molar-refractivity contribution in [2.24, 2.45) is 0 Å². The van der Waals surface area contributed by atoms with Gasteiger partial charge < -0.3 is 0 Å². The number of benzene rings is 2. The van der Waals surface area contributed by atoms with Crippen molar-refractivity contribution < 1.29 is 12.6 Å². The van der Waals surface area contributed by atoms with Crippen LogP contribution in [0.1, 0.15) is 11.7 Å². The maximum absolute atomic E-state index is 12.0. The van der Waals surface area contributed by atoms with Crippen LogP contribution in [0.5, 0.6) is 0 Å². The fraction of sp³-hybridized carbons (Fsp3) is 0.0714. The molecule has 5 heteroatoms. The van der Waals surface area contributed by atoms with Crippen LogP contribution in [0.25, 0.3) is 0 Å². The molecule has 2 rings (SSSR count). The zero-order chi connectivity index (χ0) is 13.7. The molecule has 0 aliphatic carbocycles. The van der Waals surface area contributed by atoms with Crippen molar-refractivity contribution in [2.75, 3.05) is 0 Å². The van der Waals surface area contributed by atoms with E-state index in [1.54, 1.807) is 48.5 Å². The van der Waals surface area contributed by atoms with Gasteiger partial charge in [-0.15, -0.1) is 0 Å². The summed E-state index contributed by atoms with van der Waals surface area (Å²) in [5.74, 6) is 0. The Morgan fingerprint density at radius 3 is 2.00 bits per heavy atom. The molecule has 19 heavy (non-hydrogen) atoms. The van der Waals surface area contributed by atoms with Crippen LogP contribution in [0.4, 0.5) is 0 Å². The average Bonchev–Trinajstić information content (AvgIpc) is 2.47. The van der Waals surface area contributed by atoms with E-state index in [0.29, 0.717) is 5.56 Å². The number of nitrogens with zero attached hydrogens (tertiary/aromatic N) is 1. The summed E-state index contributed by atoms with van der Waals surface area (Å²) in [7, 11) is -3.94. The summed E-state index contributed by atoms with van der Waals surface area (Å²) in [5.41, 5.74) is 0.504. The average molecular weight is 273 g/mol. The largest absolute Gasteiger partial charge is 0.298 e. The molecule has 0 N–H and O–H groups in total. The molecule has 0 saturated heterocycles. The van der Waals surface area contributed by atoms with Crippen LogP contribution in [0.2, 0.25) is 0 Å². The highest BCUT2D eigenvalue weighted by molar-refractivity contribution is 7.86. The van der Waals surface area contributed by atoms with Gasteiger partial charge in [0.15, 0.2) is 6.10 Å². The molecule has 0 aliphatic rings. The van der Waals surface area contributed by atoms with Crippen molar-refractivity contribution in [1.29, 1.82) is 5.26 Å². The maximum atomic E-state index is 12.0. The van der Waals surface area contributed by atoms with Gasteiger partial charge in [0.1, 0.15) is 6.07 Å². The SMILES string of the molecule is N#C[C@@H](OS(=O)(=O)c1ccccc1)c1ccccc1. The molecular weight excluding hydrogens is 262 g/mol. The molecule has 0 aromatic heterocycles. The smallest absolute Gasteiger partial charge is 0.243 e. The molecule has 0 radical (unpaired) electrons. The Kier molecular flexibility index (Phi) is 3.95. The molecular formula is C14H11NO3S. The minimum atomic E-state index is -3.94. The second-order valence-corrected chi connectivity index (χ2v) is 5.36. The molecule has 2 aromatic rings. The molecule has 0 heterocycles. The van der Waals surface area contributed by atoms with Crippen LogP contribution in [0.3, 0.4) is 0 Å². The minimum absolute atomic E-state index is 0.0335. The highest BCUT2D eigenvalue weighted by Crippen LogP contribution is 2.22. The zero-order valence-electron chi connectivity index (χ0n) is 9.93. The van der Waals surface area contributed by atoms with E-state index in [-0.39, 0.29) is 4.90 Å². The standard InChI is InChI=1S/C14H11NO3S/c15-11-14(12-7-3-1-4-8-12)18-19(16,17)13-9-5-2-6-10-13/h1-10,14H/t14-/m1/s1. The van der Waals surface area contributed by atoms with E-state index in [2.05, 4.69) is 0 Å². The van der Waals surface area contributed by atoms with Gasteiger partial charge in [-0.2, -0.15) is 13.7 Å². The summed E-state index contributed by atoms with van der Waals surface area (Å²) in [5, 5.41) is 9.05. The van der Waals surface area contributed by atoms with E-state index < -0.39 is 16.2 Å². The Morgan fingerprint density at radius 2 is 1.47 bits per heavy atom. The lowest BCUT2D eigenvalue weighted by Crippen LogP contribution is -2.11. The van der Waals surface area contributed by atoms with Crippen LogP contribution in [0.15, 0.2) is 65.6 Å². The van der Waals surface area contributed by atoms with E-state index in [1.165, 1.54) is 12.1 Å². The van der Waals surface area contributed by atoms with Crippen molar-refractivity contribution in [2.45, 2.75) is 11.0 Å². The first-order valence-electron chi connectivity index (χ1n) is 5.56. The lowest BCUT2D eigenvalue weighted by Gasteiger charge is -2.11. The lowest BCUT2D eigenvalue weighted by molar-refractivity contribution is 0.268. The van der Waals surface area contributed by atoms with Gasteiger partial charge in [0.25, 0.3) is 10.1 Å². The Bertz CT molecular complexity index is 676. The molecule has 0 amide bonds. The van der Waals surface area contributed by atoms with Gasteiger partial charge in [-0.25, -0.2) is 4.18 Å². The third-order valence-electron chi connectivity index (χ3n) is 2.47. The highest BCUT2D eigenvalue weighted by Gasteiger charge is 2.22. The summed E-state index contributed by atoms with van der Waals surface area (Å²) < 4.78 is 29.0. The predicted molar refractivity (Wildman–Crippen MR) is 69.5 cm³/mol. The van der Waals surface area contributed by atoms with Gasteiger partial charge in [-0.3, -0.25) is 0 Å². The molecule has 0 saturated carbocycles. The second kappa shape index (κ2) is 5.65. The molecule has 0 fully saturated rings. The Labute approximate surface area is 112 Å². The topological polar surface area (TPSA) is 67.2 Å². The van der Waals surface area contributed by atoms with Crippen molar-refractivity contribution >= 4 is 10.1 Å². The van der Waals surface area contributed by atoms with Crippen molar-refractivity contribution in [3.05, 3.63) is 66.2 Å². The van der Waals surface area contributed by atoms with Crippen LogP contribution in [-0.4, -0.2) is 8.42 Å². The molecule has 0 unspecified atom stereocenters. The second-order valence-electron chi connectivity index (χ2n) is 3.78. The van der Waals surface area contributed by atoms with E-state index in [9.17, 15) is 8.42 Å². The summed E-state index contributed by atoms with van der Waals surface area (Å²) in [6.07, 6.45) is -1.15. The zero-order valence-corrected chi connectivity index (χ0v) is 10.7. The van der Waals surface area contributed by atoms with E-state index in [1.807, 2.05) is 6.07 Å².